The van der Waals surface area contributed by atoms with Crippen LogP contribution in [0.3, 0.4) is 0 Å². The highest BCUT2D eigenvalue weighted by Gasteiger charge is 2.11. The van der Waals surface area contributed by atoms with Gasteiger partial charge in [-0.2, -0.15) is 0 Å². The summed E-state index contributed by atoms with van der Waals surface area (Å²) >= 11 is 0. The summed E-state index contributed by atoms with van der Waals surface area (Å²) in [6.07, 6.45) is 5.60. The lowest BCUT2D eigenvalue weighted by molar-refractivity contribution is 0.289. The van der Waals surface area contributed by atoms with Crippen molar-refractivity contribution in [3.05, 3.63) is 79.1 Å². The van der Waals surface area contributed by atoms with Crippen LogP contribution in [0.15, 0.2) is 73.3 Å². The van der Waals surface area contributed by atoms with Crippen LogP contribution in [0.1, 0.15) is 5.82 Å². The first-order valence-electron chi connectivity index (χ1n) is 7.98. The van der Waals surface area contributed by atoms with E-state index in [4.69, 9.17) is 9.72 Å². The number of hydrogen-bond acceptors (Lipinski definition) is 3. The molecule has 0 bridgehead atoms. The molecule has 0 spiro atoms. The minimum atomic E-state index is 0.447. The first-order chi connectivity index (χ1) is 11.9. The topological polar surface area (TPSA) is 44.9 Å². The van der Waals surface area contributed by atoms with E-state index in [0.717, 1.165) is 35.7 Å². The lowest BCUT2D eigenvalue weighted by atomic mass is 10.3. The molecule has 0 radical (unpaired) electrons. The van der Waals surface area contributed by atoms with Gasteiger partial charge in [0, 0.05) is 25.5 Å². The van der Waals surface area contributed by atoms with Gasteiger partial charge in [0.2, 0.25) is 0 Å². The molecule has 0 aliphatic rings. The number of aromatic nitrogens is 4. The summed E-state index contributed by atoms with van der Waals surface area (Å²) in [7, 11) is 0. The summed E-state index contributed by atoms with van der Waals surface area (Å²) in [5.41, 5.74) is 2.12. The molecule has 0 atom stereocenters. The number of para-hydroxylation sites is 3. The van der Waals surface area contributed by atoms with Crippen LogP contribution in [0.5, 0.6) is 5.75 Å². The molecule has 0 fully saturated rings. The Morgan fingerprint density at radius 1 is 0.917 bits per heavy atom. The number of imidazole rings is 2. The second kappa shape index (κ2) is 6.58. The Morgan fingerprint density at radius 3 is 2.58 bits per heavy atom. The van der Waals surface area contributed by atoms with Gasteiger partial charge in [-0.1, -0.05) is 30.3 Å². The number of ether oxygens (including phenoxy) is 1. The Morgan fingerprint density at radius 2 is 1.75 bits per heavy atom. The van der Waals surface area contributed by atoms with Crippen LogP contribution in [0, 0.1) is 0 Å². The summed E-state index contributed by atoms with van der Waals surface area (Å²) in [6, 6.07) is 18.0. The van der Waals surface area contributed by atoms with Crippen LogP contribution in [0.2, 0.25) is 0 Å². The minimum Gasteiger partial charge on any atom is -0.486 e. The monoisotopic (exact) mass is 318 g/mol. The standard InChI is InChI=1S/C19H18N4O/c1-2-6-16(7-3-1)24-14-19-21-17-8-4-5-9-18(17)23(19)13-12-22-11-10-20-15-22/h1-11,15H,12-14H2. The molecule has 0 saturated heterocycles. The van der Waals surface area contributed by atoms with Gasteiger partial charge in [0.15, 0.2) is 0 Å². The van der Waals surface area contributed by atoms with Gasteiger partial charge in [-0.3, -0.25) is 0 Å². The van der Waals surface area contributed by atoms with Crippen LogP contribution in [0.4, 0.5) is 0 Å². The highest BCUT2D eigenvalue weighted by atomic mass is 16.5. The van der Waals surface area contributed by atoms with Crippen molar-refractivity contribution in [3.8, 4) is 5.75 Å². The van der Waals surface area contributed by atoms with Crippen molar-refractivity contribution in [2.24, 2.45) is 0 Å². The summed E-state index contributed by atoms with van der Waals surface area (Å²) in [5, 5.41) is 0. The van der Waals surface area contributed by atoms with Gasteiger partial charge in [-0.15, -0.1) is 0 Å². The van der Waals surface area contributed by atoms with E-state index in [1.807, 2.05) is 61.1 Å². The number of nitrogens with zero attached hydrogens (tertiary/aromatic N) is 4. The quantitative estimate of drug-likeness (QED) is 0.546. The molecule has 120 valence electrons. The molecule has 0 aliphatic heterocycles. The van der Waals surface area contributed by atoms with Crippen LogP contribution in [-0.2, 0) is 19.7 Å². The van der Waals surface area contributed by atoms with Gasteiger partial charge in [-0.05, 0) is 24.3 Å². The van der Waals surface area contributed by atoms with Gasteiger partial charge in [0.25, 0.3) is 0 Å². The molecule has 0 saturated carbocycles. The van der Waals surface area contributed by atoms with Crippen molar-refractivity contribution in [3.63, 3.8) is 0 Å². The van der Waals surface area contributed by atoms with E-state index in [1.165, 1.54) is 0 Å². The van der Waals surface area contributed by atoms with Crippen molar-refractivity contribution in [2.45, 2.75) is 19.7 Å². The van der Waals surface area contributed by atoms with Crippen molar-refractivity contribution in [2.75, 3.05) is 0 Å². The third-order valence-electron chi connectivity index (χ3n) is 3.99. The van der Waals surface area contributed by atoms with E-state index in [9.17, 15) is 0 Å². The van der Waals surface area contributed by atoms with Crippen molar-refractivity contribution in [1.29, 1.82) is 0 Å². The highest BCUT2D eigenvalue weighted by molar-refractivity contribution is 5.75. The molecular formula is C19H18N4O. The van der Waals surface area contributed by atoms with Crippen molar-refractivity contribution in [1.82, 2.24) is 19.1 Å². The Hall–Kier alpha value is -3.08. The van der Waals surface area contributed by atoms with E-state index in [2.05, 4.69) is 20.2 Å². The van der Waals surface area contributed by atoms with Crippen LogP contribution in [-0.4, -0.2) is 19.1 Å². The largest absolute Gasteiger partial charge is 0.486 e. The molecule has 5 heteroatoms. The maximum absolute atomic E-state index is 5.90. The fourth-order valence-corrected chi connectivity index (χ4v) is 2.78. The Labute approximate surface area is 140 Å². The highest BCUT2D eigenvalue weighted by Crippen LogP contribution is 2.18. The van der Waals surface area contributed by atoms with Gasteiger partial charge in [0.1, 0.15) is 18.2 Å². The predicted octanol–water partition coefficient (Wildman–Crippen LogP) is 3.51. The van der Waals surface area contributed by atoms with E-state index in [0.29, 0.717) is 6.61 Å². The maximum Gasteiger partial charge on any atom is 0.148 e. The number of rotatable bonds is 6. The number of benzene rings is 2. The zero-order valence-electron chi connectivity index (χ0n) is 13.2. The number of aryl methyl sites for hydroxylation is 2. The van der Waals surface area contributed by atoms with Crippen molar-refractivity contribution < 1.29 is 4.74 Å². The Balaban J connectivity index is 1.59. The molecule has 0 amide bonds. The maximum atomic E-state index is 5.90. The molecule has 0 aliphatic carbocycles. The molecule has 0 N–H and O–H groups in total. The molecule has 5 nitrogen and oxygen atoms in total. The first kappa shape index (κ1) is 14.5. The summed E-state index contributed by atoms with van der Waals surface area (Å²) in [5.74, 6) is 1.78. The normalized spacial score (nSPS) is 11.0. The fraction of sp³-hybridized carbons (Fsp3) is 0.158. The molecule has 2 aromatic heterocycles. The van der Waals surface area contributed by atoms with E-state index in [1.54, 1.807) is 6.20 Å². The third-order valence-corrected chi connectivity index (χ3v) is 3.99. The summed E-state index contributed by atoms with van der Waals surface area (Å²) in [4.78, 5) is 8.84. The average Bonchev–Trinajstić information content (AvgIpc) is 3.26. The lowest BCUT2D eigenvalue weighted by Gasteiger charge is -2.11. The molecule has 2 aromatic carbocycles. The SMILES string of the molecule is c1ccc(OCc2nc3ccccc3n2CCn2ccnc2)cc1. The summed E-state index contributed by atoms with van der Waals surface area (Å²) < 4.78 is 10.2. The molecule has 2 heterocycles. The smallest absolute Gasteiger partial charge is 0.148 e. The van der Waals surface area contributed by atoms with Crippen molar-refractivity contribution >= 4 is 11.0 Å². The van der Waals surface area contributed by atoms with E-state index in [-0.39, 0.29) is 0 Å². The lowest BCUT2D eigenvalue weighted by Crippen LogP contribution is -2.11. The first-order valence-corrected chi connectivity index (χ1v) is 7.98. The van der Waals surface area contributed by atoms with Crippen LogP contribution >= 0.6 is 0 Å². The fourth-order valence-electron chi connectivity index (χ4n) is 2.78. The van der Waals surface area contributed by atoms with E-state index < -0.39 is 0 Å². The predicted molar refractivity (Wildman–Crippen MR) is 92.7 cm³/mol. The Kier molecular flexibility index (Phi) is 3.98. The molecule has 4 aromatic rings. The second-order valence-electron chi connectivity index (χ2n) is 5.57. The zero-order chi connectivity index (χ0) is 16.2. The number of hydrogen-bond donors (Lipinski definition) is 0. The second-order valence-corrected chi connectivity index (χ2v) is 5.57. The van der Waals surface area contributed by atoms with Crippen LogP contribution < -0.4 is 4.74 Å². The molecule has 4 rings (SSSR count). The minimum absolute atomic E-state index is 0.447. The van der Waals surface area contributed by atoms with Gasteiger partial charge in [-0.25, -0.2) is 9.97 Å². The molecule has 24 heavy (non-hydrogen) atoms. The third kappa shape index (κ3) is 3.01. The molecule has 0 unspecified atom stereocenters. The average molecular weight is 318 g/mol. The van der Waals surface area contributed by atoms with Gasteiger partial charge in [0.05, 0.1) is 17.4 Å². The van der Waals surface area contributed by atoms with E-state index >= 15 is 0 Å². The number of fused-ring (bicyclic) bond motifs is 1. The Bertz CT molecular complexity index is 913. The van der Waals surface area contributed by atoms with Crippen LogP contribution in [0.25, 0.3) is 11.0 Å². The molecular weight excluding hydrogens is 300 g/mol. The van der Waals surface area contributed by atoms with Gasteiger partial charge < -0.3 is 13.9 Å². The zero-order valence-corrected chi connectivity index (χ0v) is 13.2. The summed E-state index contributed by atoms with van der Waals surface area (Å²) in [6.45, 7) is 2.12. The van der Waals surface area contributed by atoms with Gasteiger partial charge >= 0.3 is 0 Å².